The van der Waals surface area contributed by atoms with Gasteiger partial charge in [-0.05, 0) is 31.0 Å². The quantitative estimate of drug-likeness (QED) is 0.627. The van der Waals surface area contributed by atoms with E-state index in [0.29, 0.717) is 0 Å². The number of amides is 3. The zero-order valence-electron chi connectivity index (χ0n) is 18.5. The number of alkyl halides is 3. The normalized spacial score (nSPS) is 19.3. The second-order valence-electron chi connectivity index (χ2n) is 8.21. The van der Waals surface area contributed by atoms with Crippen LogP contribution in [0.3, 0.4) is 0 Å². The number of ether oxygens (including phenoxy) is 1. The number of benzene rings is 1. The first kappa shape index (κ1) is 24.6. The van der Waals surface area contributed by atoms with Crippen LogP contribution in [0.4, 0.5) is 23.7 Å². The minimum absolute atomic E-state index is 0.0265. The summed E-state index contributed by atoms with van der Waals surface area (Å²) in [5.41, 5.74) is -1.37. The van der Waals surface area contributed by atoms with Gasteiger partial charge in [-0.25, -0.2) is 4.79 Å². The number of urea groups is 1. The van der Waals surface area contributed by atoms with Crippen molar-refractivity contribution in [2.75, 3.05) is 44.8 Å². The maximum Gasteiger partial charge on any atom is 0.417 e. The largest absolute Gasteiger partial charge is 0.417 e. The summed E-state index contributed by atoms with van der Waals surface area (Å²) in [6, 6.07) is 3.91. The second kappa shape index (κ2) is 10.7. The Morgan fingerprint density at radius 3 is 2.61 bits per heavy atom. The van der Waals surface area contributed by atoms with Gasteiger partial charge in [-0.3, -0.25) is 4.79 Å². The summed E-state index contributed by atoms with van der Waals surface area (Å²) < 4.78 is 45.4. The molecule has 0 aromatic heterocycles. The number of carbonyl (C=O) groups is 2. The number of rotatable bonds is 6. The second-order valence-corrected chi connectivity index (χ2v) is 8.21. The summed E-state index contributed by atoms with van der Waals surface area (Å²) in [5, 5.41) is 14.8. The Morgan fingerprint density at radius 1 is 1.24 bits per heavy atom. The summed E-state index contributed by atoms with van der Waals surface area (Å²) in [6.45, 7) is 0.957. The van der Waals surface area contributed by atoms with Crippen LogP contribution in [0.25, 0.3) is 0 Å². The number of anilines is 1. The number of methoxy groups -OCH3 is 1. The van der Waals surface area contributed by atoms with Crippen LogP contribution < -0.4 is 15.5 Å². The van der Waals surface area contributed by atoms with Crippen LogP contribution in [0.2, 0.25) is 0 Å². The standard InChI is InChI=1S/C22H28F3N5O3/c1-33-11-8-27-20(31)19-14-29(21(32)28-16-4-2-3-5-16)9-10-30(19)17-7-6-15(13-26)18(12-17)22(23,24)25/h6-7,12,16,19H,2-5,8-11,14H2,1H3,(H,27,31)(H,28,32). The van der Waals surface area contributed by atoms with E-state index in [1.54, 1.807) is 11.0 Å². The fourth-order valence-corrected chi connectivity index (χ4v) is 4.27. The van der Waals surface area contributed by atoms with E-state index in [1.807, 2.05) is 0 Å². The molecule has 180 valence electrons. The topological polar surface area (TPSA) is 97.7 Å². The monoisotopic (exact) mass is 467 g/mol. The third-order valence-electron chi connectivity index (χ3n) is 6.02. The molecule has 2 fully saturated rings. The molecule has 11 heteroatoms. The van der Waals surface area contributed by atoms with Gasteiger partial charge >= 0.3 is 12.2 Å². The van der Waals surface area contributed by atoms with E-state index < -0.39 is 29.3 Å². The summed E-state index contributed by atoms with van der Waals surface area (Å²) in [6.07, 6.45) is -0.760. The van der Waals surface area contributed by atoms with Crippen molar-refractivity contribution in [2.24, 2.45) is 0 Å². The van der Waals surface area contributed by atoms with Crippen LogP contribution in [0, 0.1) is 11.3 Å². The van der Waals surface area contributed by atoms with Crippen LogP contribution >= 0.6 is 0 Å². The highest BCUT2D eigenvalue weighted by molar-refractivity contribution is 5.87. The molecule has 1 saturated carbocycles. The Labute approximate surface area is 190 Å². The van der Waals surface area contributed by atoms with Gasteiger partial charge < -0.3 is 25.2 Å². The van der Waals surface area contributed by atoms with Gasteiger partial charge in [0.2, 0.25) is 5.91 Å². The van der Waals surface area contributed by atoms with Crippen molar-refractivity contribution in [2.45, 2.75) is 43.9 Å². The van der Waals surface area contributed by atoms with E-state index in [2.05, 4.69) is 10.6 Å². The smallest absolute Gasteiger partial charge is 0.383 e. The van der Waals surface area contributed by atoms with E-state index >= 15 is 0 Å². The Balaban J connectivity index is 1.83. The van der Waals surface area contributed by atoms with Crippen molar-refractivity contribution in [1.29, 1.82) is 5.26 Å². The molecule has 1 aromatic carbocycles. The number of carbonyl (C=O) groups excluding carboxylic acids is 2. The number of nitrogens with one attached hydrogen (secondary N) is 2. The van der Waals surface area contributed by atoms with E-state index in [0.717, 1.165) is 37.8 Å². The Bertz CT molecular complexity index is 896. The first-order valence-electron chi connectivity index (χ1n) is 10.9. The Morgan fingerprint density at radius 2 is 1.97 bits per heavy atom. The van der Waals surface area contributed by atoms with Gasteiger partial charge in [-0.2, -0.15) is 18.4 Å². The van der Waals surface area contributed by atoms with Crippen molar-refractivity contribution >= 4 is 17.6 Å². The van der Waals surface area contributed by atoms with Crippen LogP contribution in [-0.4, -0.2) is 68.8 Å². The molecular weight excluding hydrogens is 439 g/mol. The van der Waals surface area contributed by atoms with Gasteiger partial charge in [0.15, 0.2) is 0 Å². The highest BCUT2D eigenvalue weighted by atomic mass is 19.4. The first-order valence-corrected chi connectivity index (χ1v) is 10.9. The van der Waals surface area contributed by atoms with Crippen molar-refractivity contribution in [3.63, 3.8) is 0 Å². The molecule has 1 saturated heterocycles. The SMILES string of the molecule is COCCNC(=O)C1CN(C(=O)NC2CCCC2)CCN1c1ccc(C#N)c(C(F)(F)F)c1. The van der Waals surface area contributed by atoms with Crippen LogP contribution in [0.15, 0.2) is 18.2 Å². The third-order valence-corrected chi connectivity index (χ3v) is 6.02. The lowest BCUT2D eigenvalue weighted by Crippen LogP contribution is -2.62. The molecule has 1 unspecified atom stereocenters. The lowest BCUT2D eigenvalue weighted by atomic mass is 10.0. The fraction of sp³-hybridized carbons (Fsp3) is 0.591. The number of nitrogens with zero attached hydrogens (tertiary/aromatic N) is 3. The molecule has 1 atom stereocenters. The van der Waals surface area contributed by atoms with Gasteiger partial charge in [0.05, 0.1) is 30.3 Å². The molecule has 3 rings (SSSR count). The van der Waals surface area contributed by atoms with Gasteiger partial charge in [0.25, 0.3) is 0 Å². The van der Waals surface area contributed by atoms with E-state index in [4.69, 9.17) is 10.00 Å². The summed E-state index contributed by atoms with van der Waals surface area (Å²) in [5.74, 6) is -0.414. The van der Waals surface area contributed by atoms with E-state index in [9.17, 15) is 22.8 Å². The zero-order chi connectivity index (χ0) is 24.0. The van der Waals surface area contributed by atoms with Crippen molar-refractivity contribution in [3.05, 3.63) is 29.3 Å². The van der Waals surface area contributed by atoms with E-state index in [-0.39, 0.29) is 50.5 Å². The molecule has 0 radical (unpaired) electrons. The fourth-order valence-electron chi connectivity index (χ4n) is 4.27. The first-order chi connectivity index (χ1) is 15.7. The lowest BCUT2D eigenvalue weighted by molar-refractivity contribution is -0.137. The Kier molecular flexibility index (Phi) is 8.02. The van der Waals surface area contributed by atoms with Gasteiger partial charge in [-0.1, -0.05) is 12.8 Å². The summed E-state index contributed by atoms with van der Waals surface area (Å²) in [7, 11) is 1.49. The van der Waals surface area contributed by atoms with Crippen molar-refractivity contribution in [1.82, 2.24) is 15.5 Å². The molecule has 1 aliphatic carbocycles. The number of halogens is 3. The predicted octanol–water partition coefficient (Wildman–Crippen LogP) is 2.48. The molecule has 1 heterocycles. The molecule has 2 aliphatic rings. The third kappa shape index (κ3) is 6.07. The number of nitriles is 1. The average molecular weight is 467 g/mol. The van der Waals surface area contributed by atoms with Gasteiger partial charge in [0, 0.05) is 38.5 Å². The van der Waals surface area contributed by atoms with Gasteiger partial charge in [-0.15, -0.1) is 0 Å². The molecule has 0 spiro atoms. The minimum Gasteiger partial charge on any atom is -0.383 e. The predicted molar refractivity (Wildman–Crippen MR) is 115 cm³/mol. The molecule has 3 amide bonds. The average Bonchev–Trinajstić information content (AvgIpc) is 3.30. The van der Waals surface area contributed by atoms with Gasteiger partial charge in [0.1, 0.15) is 6.04 Å². The maximum atomic E-state index is 13.5. The molecule has 8 nitrogen and oxygen atoms in total. The van der Waals surface area contributed by atoms with Crippen molar-refractivity contribution < 1.29 is 27.5 Å². The van der Waals surface area contributed by atoms with E-state index in [1.165, 1.54) is 18.1 Å². The number of hydrogen-bond donors (Lipinski definition) is 2. The van der Waals surface area contributed by atoms with Crippen molar-refractivity contribution in [3.8, 4) is 6.07 Å². The van der Waals surface area contributed by atoms with Crippen LogP contribution in [0.1, 0.15) is 36.8 Å². The highest BCUT2D eigenvalue weighted by Crippen LogP contribution is 2.35. The summed E-state index contributed by atoms with van der Waals surface area (Å²) >= 11 is 0. The number of hydrogen-bond acceptors (Lipinski definition) is 5. The molecule has 1 aliphatic heterocycles. The van der Waals surface area contributed by atoms with Crippen LogP contribution in [0.5, 0.6) is 0 Å². The highest BCUT2D eigenvalue weighted by Gasteiger charge is 2.38. The lowest BCUT2D eigenvalue weighted by Gasteiger charge is -2.42. The zero-order valence-corrected chi connectivity index (χ0v) is 18.5. The molecule has 0 bridgehead atoms. The molecule has 1 aromatic rings. The molecule has 2 N–H and O–H groups in total. The summed E-state index contributed by atoms with van der Waals surface area (Å²) in [4.78, 5) is 28.8. The van der Waals surface area contributed by atoms with Crippen LogP contribution in [-0.2, 0) is 15.7 Å². The molecule has 33 heavy (non-hydrogen) atoms. The minimum atomic E-state index is -4.71. The number of piperazine rings is 1. The maximum absolute atomic E-state index is 13.5. The molecular formula is C22H28F3N5O3. The Hall–Kier alpha value is -3.00.